The van der Waals surface area contributed by atoms with Crippen molar-refractivity contribution < 1.29 is 14.3 Å². The second kappa shape index (κ2) is 9.51. The molecule has 0 fully saturated rings. The zero-order valence-electron chi connectivity index (χ0n) is 16.1. The van der Waals surface area contributed by atoms with Gasteiger partial charge in [-0.3, -0.25) is 4.79 Å². The topological polar surface area (TPSA) is 55.4 Å². The first-order chi connectivity index (χ1) is 13.1. The first kappa shape index (κ1) is 20.1. The van der Waals surface area contributed by atoms with Crippen molar-refractivity contribution in [2.75, 3.05) is 11.9 Å². The number of carbonyl (C=O) groups is 2. The molecule has 0 unspecified atom stereocenters. The molecule has 1 aliphatic carbocycles. The Labute approximate surface area is 168 Å². The van der Waals surface area contributed by atoms with Crippen molar-refractivity contribution in [1.29, 1.82) is 0 Å². The number of hydrogen-bond donors (Lipinski definition) is 1. The van der Waals surface area contributed by atoms with Crippen molar-refractivity contribution in [3.63, 3.8) is 0 Å². The molecule has 0 bridgehead atoms. The lowest BCUT2D eigenvalue weighted by Gasteiger charge is -2.11. The van der Waals surface area contributed by atoms with Gasteiger partial charge in [-0.25, -0.2) is 4.79 Å². The van der Waals surface area contributed by atoms with E-state index < -0.39 is 0 Å². The van der Waals surface area contributed by atoms with Crippen LogP contribution in [0.1, 0.15) is 82.0 Å². The normalized spacial score (nSPS) is 14.1. The number of aryl methyl sites for hydroxylation is 2. The lowest BCUT2D eigenvalue weighted by molar-refractivity contribution is 0.0526. The van der Waals surface area contributed by atoms with E-state index in [-0.39, 0.29) is 11.9 Å². The zero-order valence-corrected chi connectivity index (χ0v) is 17.7. The number of carbonyl (C=O) groups excluding carboxylic acids is 2. The standard InChI is InChI=1S/C21H27NO3S2/c1-3-9-15-12-14(13-26-15)19(23)22-20-18(21(24)25-4-2)16-10-7-5-6-8-11-17(16)27-20/h12-13H,3-11H2,1-2H3,(H,22,23). The van der Waals surface area contributed by atoms with Crippen LogP contribution in [-0.4, -0.2) is 18.5 Å². The van der Waals surface area contributed by atoms with Crippen LogP contribution in [0.15, 0.2) is 11.4 Å². The average molecular weight is 406 g/mol. The van der Waals surface area contributed by atoms with E-state index in [0.29, 0.717) is 22.7 Å². The fourth-order valence-corrected chi connectivity index (χ4v) is 5.72. The van der Waals surface area contributed by atoms with Crippen LogP contribution in [0.25, 0.3) is 0 Å². The molecule has 0 aromatic carbocycles. The van der Waals surface area contributed by atoms with Crippen molar-refractivity contribution in [2.24, 2.45) is 0 Å². The highest BCUT2D eigenvalue weighted by molar-refractivity contribution is 7.17. The first-order valence-electron chi connectivity index (χ1n) is 9.84. The summed E-state index contributed by atoms with van der Waals surface area (Å²) in [4.78, 5) is 27.8. The molecule has 2 heterocycles. The quantitative estimate of drug-likeness (QED) is 0.613. The van der Waals surface area contributed by atoms with Crippen molar-refractivity contribution in [3.8, 4) is 0 Å². The van der Waals surface area contributed by atoms with Gasteiger partial charge in [-0.1, -0.05) is 26.2 Å². The van der Waals surface area contributed by atoms with Gasteiger partial charge in [0.2, 0.25) is 0 Å². The van der Waals surface area contributed by atoms with Crippen LogP contribution in [0, 0.1) is 0 Å². The number of thiophene rings is 2. The zero-order chi connectivity index (χ0) is 19.2. The summed E-state index contributed by atoms with van der Waals surface area (Å²) in [5.74, 6) is -0.462. The molecule has 3 rings (SSSR count). The van der Waals surface area contributed by atoms with Crippen molar-refractivity contribution in [2.45, 2.75) is 65.2 Å². The maximum Gasteiger partial charge on any atom is 0.341 e. The van der Waals surface area contributed by atoms with E-state index in [9.17, 15) is 9.59 Å². The summed E-state index contributed by atoms with van der Waals surface area (Å²) in [5.41, 5.74) is 2.33. The summed E-state index contributed by atoms with van der Waals surface area (Å²) in [7, 11) is 0. The molecule has 1 aliphatic rings. The van der Waals surface area contributed by atoms with Crippen LogP contribution in [0.3, 0.4) is 0 Å². The highest BCUT2D eigenvalue weighted by atomic mass is 32.1. The number of esters is 1. The van der Waals surface area contributed by atoms with Gasteiger partial charge in [0.1, 0.15) is 5.00 Å². The van der Waals surface area contributed by atoms with Gasteiger partial charge in [-0.2, -0.15) is 0 Å². The van der Waals surface area contributed by atoms with Gasteiger partial charge in [-0.15, -0.1) is 22.7 Å². The number of fused-ring (bicyclic) bond motifs is 1. The number of rotatable bonds is 6. The third-order valence-corrected chi connectivity index (χ3v) is 6.99. The summed E-state index contributed by atoms with van der Waals surface area (Å²) >= 11 is 3.16. The van der Waals surface area contributed by atoms with Gasteiger partial charge < -0.3 is 10.1 Å². The van der Waals surface area contributed by atoms with Crippen LogP contribution in [0.4, 0.5) is 5.00 Å². The van der Waals surface area contributed by atoms with E-state index in [1.807, 2.05) is 18.4 Å². The Bertz CT molecular complexity index is 806. The van der Waals surface area contributed by atoms with Gasteiger partial charge >= 0.3 is 5.97 Å². The molecule has 1 amide bonds. The predicted octanol–water partition coefficient (Wildman–Crippen LogP) is 5.85. The molecule has 1 N–H and O–H groups in total. The minimum atomic E-state index is -0.317. The molecule has 0 aliphatic heterocycles. The fraction of sp³-hybridized carbons (Fsp3) is 0.524. The van der Waals surface area contributed by atoms with Crippen LogP contribution in [0.2, 0.25) is 0 Å². The van der Waals surface area contributed by atoms with E-state index in [1.54, 1.807) is 22.7 Å². The summed E-state index contributed by atoms with van der Waals surface area (Å²) in [6.45, 7) is 4.28. The van der Waals surface area contributed by atoms with E-state index >= 15 is 0 Å². The van der Waals surface area contributed by atoms with Gasteiger partial charge in [0.05, 0.1) is 17.7 Å². The van der Waals surface area contributed by atoms with Gasteiger partial charge in [0.15, 0.2) is 0 Å². The number of nitrogens with one attached hydrogen (secondary N) is 1. The Morgan fingerprint density at radius 1 is 1.15 bits per heavy atom. The second-order valence-electron chi connectivity index (χ2n) is 6.85. The Morgan fingerprint density at radius 3 is 2.67 bits per heavy atom. The van der Waals surface area contributed by atoms with Crippen LogP contribution >= 0.6 is 22.7 Å². The fourth-order valence-electron chi connectivity index (χ4n) is 3.48. The molecule has 0 radical (unpaired) electrons. The first-order valence-corrected chi connectivity index (χ1v) is 11.5. The lowest BCUT2D eigenvalue weighted by atomic mass is 9.96. The number of hydrogen-bond acceptors (Lipinski definition) is 5. The molecule has 2 aromatic heterocycles. The molecule has 6 heteroatoms. The van der Waals surface area contributed by atoms with Crippen molar-refractivity contribution in [1.82, 2.24) is 0 Å². The second-order valence-corrected chi connectivity index (χ2v) is 8.95. The van der Waals surface area contributed by atoms with Crippen LogP contribution in [0.5, 0.6) is 0 Å². The van der Waals surface area contributed by atoms with Crippen molar-refractivity contribution >= 4 is 39.6 Å². The maximum atomic E-state index is 12.8. The SMILES string of the molecule is CCCc1cc(C(=O)Nc2sc3c(c2C(=O)OCC)CCCCCC3)cs1. The molecule has 0 saturated carbocycles. The van der Waals surface area contributed by atoms with Gasteiger partial charge in [-0.05, 0) is 50.7 Å². The van der Waals surface area contributed by atoms with E-state index in [4.69, 9.17) is 4.74 Å². The monoisotopic (exact) mass is 405 g/mol. The summed E-state index contributed by atoms with van der Waals surface area (Å²) in [6, 6.07) is 1.96. The Kier molecular flexibility index (Phi) is 7.07. The largest absolute Gasteiger partial charge is 0.462 e. The molecule has 27 heavy (non-hydrogen) atoms. The van der Waals surface area contributed by atoms with Gasteiger partial charge in [0.25, 0.3) is 5.91 Å². The molecule has 4 nitrogen and oxygen atoms in total. The maximum absolute atomic E-state index is 12.8. The minimum absolute atomic E-state index is 0.145. The Morgan fingerprint density at radius 2 is 1.93 bits per heavy atom. The van der Waals surface area contributed by atoms with Crippen molar-refractivity contribution in [3.05, 3.63) is 37.9 Å². The van der Waals surface area contributed by atoms with E-state index in [2.05, 4.69) is 12.2 Å². The summed E-state index contributed by atoms with van der Waals surface area (Å²) < 4.78 is 5.31. The van der Waals surface area contributed by atoms with E-state index in [0.717, 1.165) is 44.1 Å². The third-order valence-electron chi connectivity index (χ3n) is 4.79. The summed E-state index contributed by atoms with van der Waals surface area (Å²) in [5, 5.41) is 5.55. The molecule has 0 saturated heterocycles. The predicted molar refractivity (Wildman–Crippen MR) is 112 cm³/mol. The molecule has 0 spiro atoms. The molecular weight excluding hydrogens is 378 g/mol. The minimum Gasteiger partial charge on any atom is -0.462 e. The highest BCUT2D eigenvalue weighted by Gasteiger charge is 2.26. The number of amides is 1. The molecular formula is C21H27NO3S2. The lowest BCUT2D eigenvalue weighted by Crippen LogP contribution is -2.15. The molecule has 0 atom stereocenters. The average Bonchev–Trinajstić information content (AvgIpc) is 3.21. The Balaban J connectivity index is 1.89. The smallest absolute Gasteiger partial charge is 0.341 e. The molecule has 2 aromatic rings. The van der Waals surface area contributed by atoms with Crippen LogP contribution in [-0.2, 0) is 24.0 Å². The number of anilines is 1. The summed E-state index contributed by atoms with van der Waals surface area (Å²) in [6.07, 6.45) is 8.53. The molecule has 146 valence electrons. The third kappa shape index (κ3) is 4.79. The highest BCUT2D eigenvalue weighted by Crippen LogP contribution is 2.38. The Hall–Kier alpha value is -1.66. The number of ether oxygens (including phenoxy) is 1. The van der Waals surface area contributed by atoms with Crippen LogP contribution < -0.4 is 5.32 Å². The van der Waals surface area contributed by atoms with Gasteiger partial charge in [0, 0.05) is 15.1 Å². The van der Waals surface area contributed by atoms with E-state index in [1.165, 1.54) is 22.6 Å².